The number of para-hydroxylation sites is 1. The Labute approximate surface area is 250 Å². The van der Waals surface area contributed by atoms with Gasteiger partial charge >= 0.3 is 0 Å². The van der Waals surface area contributed by atoms with Gasteiger partial charge in [-0.05, 0) is 61.7 Å². The summed E-state index contributed by atoms with van der Waals surface area (Å²) in [5, 5.41) is 8.61. The van der Waals surface area contributed by atoms with Crippen LogP contribution in [0.2, 0.25) is 0 Å². The normalized spacial score (nSPS) is 12.8. The molecule has 0 spiro atoms. The standard InChI is InChI=1S/C20H18N4.C14H22O3S/c1-16-12-14-19(15-13-16)24-22-20(17-8-4-2-5-9-17)21-23(24)18-10-6-3-7-11-18;1-2-3-4-5-6-7-8-13-9-11-14(12-10-13)18(15,16)17/h2-15H,1H3,(H,21,22);9-12H,2-8H2,1H3,(H,15,16,17). The van der Waals surface area contributed by atoms with Crippen molar-refractivity contribution in [3.63, 3.8) is 0 Å². The molecule has 7 nitrogen and oxygen atoms in total. The van der Waals surface area contributed by atoms with E-state index >= 15 is 0 Å². The van der Waals surface area contributed by atoms with Crippen molar-refractivity contribution in [3.8, 4) is 0 Å². The molecule has 4 aromatic carbocycles. The SMILES string of the molecule is CCCCCCCCc1ccc(S(=O)(=O)O)cc1.Cc1ccc(N2NC(c3ccccc3)=NN2c2ccccc2)cc1. The van der Waals surface area contributed by atoms with Crippen molar-refractivity contribution in [2.24, 2.45) is 5.10 Å². The maximum absolute atomic E-state index is 10.9. The highest BCUT2D eigenvalue weighted by Gasteiger charge is 2.26. The molecule has 0 amide bonds. The summed E-state index contributed by atoms with van der Waals surface area (Å²) in [4.78, 5) is -0.0332. The largest absolute Gasteiger partial charge is 0.294 e. The van der Waals surface area contributed by atoms with Crippen LogP contribution in [0.15, 0.2) is 119 Å². The van der Waals surface area contributed by atoms with Crippen molar-refractivity contribution in [3.05, 3.63) is 126 Å². The number of rotatable bonds is 11. The molecule has 5 rings (SSSR count). The third-order valence-corrected chi connectivity index (χ3v) is 7.82. The molecule has 0 saturated carbocycles. The van der Waals surface area contributed by atoms with Crippen LogP contribution in [0.5, 0.6) is 0 Å². The third-order valence-electron chi connectivity index (χ3n) is 6.95. The first-order valence-corrected chi connectivity index (χ1v) is 16.0. The molecule has 1 aliphatic rings. The molecule has 0 aromatic heterocycles. The molecule has 0 saturated heterocycles. The van der Waals surface area contributed by atoms with E-state index in [0.29, 0.717) is 0 Å². The van der Waals surface area contributed by atoms with Gasteiger partial charge in [0.25, 0.3) is 10.1 Å². The van der Waals surface area contributed by atoms with E-state index in [1.165, 1.54) is 49.8 Å². The molecular weight excluding hydrogens is 544 g/mol. The molecule has 0 unspecified atom stereocenters. The van der Waals surface area contributed by atoms with Crippen molar-refractivity contribution in [2.45, 2.75) is 63.7 Å². The number of anilines is 2. The number of hydrogen-bond donors (Lipinski definition) is 2. The fraction of sp³-hybridized carbons (Fsp3) is 0.265. The van der Waals surface area contributed by atoms with Gasteiger partial charge in [-0.15, -0.1) is 5.10 Å². The number of hydrogen-bond acceptors (Lipinski definition) is 6. The lowest BCUT2D eigenvalue weighted by Gasteiger charge is -2.28. The predicted octanol–water partition coefficient (Wildman–Crippen LogP) is 7.94. The van der Waals surface area contributed by atoms with Crippen molar-refractivity contribution >= 4 is 27.3 Å². The Morgan fingerprint density at radius 3 is 1.93 bits per heavy atom. The molecular formula is C34H40N4O3S. The summed E-state index contributed by atoms with van der Waals surface area (Å²) in [5.41, 5.74) is 8.83. The Morgan fingerprint density at radius 2 is 1.31 bits per heavy atom. The topological polar surface area (TPSA) is 85.2 Å². The number of hydrazone groups is 1. The molecule has 1 heterocycles. The number of benzene rings is 4. The van der Waals surface area contributed by atoms with Crippen molar-refractivity contribution in [1.29, 1.82) is 0 Å². The van der Waals surface area contributed by atoms with Crippen LogP contribution in [0.1, 0.15) is 62.1 Å². The quantitative estimate of drug-likeness (QED) is 0.138. The molecule has 0 bridgehead atoms. The van der Waals surface area contributed by atoms with E-state index in [9.17, 15) is 8.42 Å². The van der Waals surface area contributed by atoms with Gasteiger partial charge in [-0.25, -0.2) is 0 Å². The van der Waals surface area contributed by atoms with Gasteiger partial charge in [-0.1, -0.05) is 117 Å². The number of nitrogens with zero attached hydrogens (tertiary/aromatic N) is 3. The van der Waals surface area contributed by atoms with Crippen LogP contribution in [0.25, 0.3) is 0 Å². The highest BCUT2D eigenvalue weighted by atomic mass is 32.2. The van der Waals surface area contributed by atoms with Crippen LogP contribution in [0.3, 0.4) is 0 Å². The second-order valence-electron chi connectivity index (χ2n) is 10.3. The fourth-order valence-corrected chi connectivity index (χ4v) is 5.04. The van der Waals surface area contributed by atoms with Crippen LogP contribution in [0, 0.1) is 6.92 Å². The van der Waals surface area contributed by atoms with E-state index in [1.54, 1.807) is 12.1 Å². The van der Waals surface area contributed by atoms with E-state index in [2.05, 4.69) is 43.5 Å². The smallest absolute Gasteiger partial charge is 0.282 e. The van der Waals surface area contributed by atoms with Gasteiger partial charge in [0.1, 0.15) is 0 Å². The van der Waals surface area contributed by atoms with Crippen molar-refractivity contribution in [1.82, 2.24) is 5.43 Å². The van der Waals surface area contributed by atoms with E-state index in [0.717, 1.165) is 41.2 Å². The molecule has 0 aliphatic carbocycles. The minimum atomic E-state index is -4.06. The average Bonchev–Trinajstić information content (AvgIpc) is 3.46. The van der Waals surface area contributed by atoms with E-state index in [1.807, 2.05) is 70.9 Å². The van der Waals surface area contributed by atoms with Gasteiger partial charge in [0, 0.05) is 5.56 Å². The van der Waals surface area contributed by atoms with E-state index in [-0.39, 0.29) is 4.90 Å². The van der Waals surface area contributed by atoms with Crippen molar-refractivity contribution in [2.75, 3.05) is 10.2 Å². The minimum absolute atomic E-state index is 0.0332. The summed E-state index contributed by atoms with van der Waals surface area (Å²) in [6, 6.07) is 35.1. The highest BCUT2D eigenvalue weighted by Crippen LogP contribution is 2.26. The zero-order valence-electron chi connectivity index (χ0n) is 24.4. The maximum Gasteiger partial charge on any atom is 0.294 e. The Hall–Kier alpha value is -4.14. The van der Waals surface area contributed by atoms with Gasteiger partial charge in [0.15, 0.2) is 5.84 Å². The van der Waals surface area contributed by atoms with E-state index < -0.39 is 10.1 Å². The number of amidine groups is 1. The average molecular weight is 585 g/mol. The number of hydrazine groups is 2. The number of aryl methyl sites for hydroxylation is 2. The Bertz CT molecular complexity index is 1510. The summed E-state index contributed by atoms with van der Waals surface area (Å²) < 4.78 is 30.6. The third kappa shape index (κ3) is 8.93. The molecule has 220 valence electrons. The fourth-order valence-electron chi connectivity index (χ4n) is 4.56. The summed E-state index contributed by atoms with van der Waals surface area (Å²) >= 11 is 0. The molecule has 42 heavy (non-hydrogen) atoms. The molecule has 4 aromatic rings. The summed E-state index contributed by atoms with van der Waals surface area (Å²) in [5.74, 6) is 0.819. The summed E-state index contributed by atoms with van der Waals surface area (Å²) in [7, 11) is -4.06. The Morgan fingerprint density at radius 1 is 0.714 bits per heavy atom. The zero-order chi connectivity index (χ0) is 29.8. The van der Waals surface area contributed by atoms with Gasteiger partial charge in [-0.2, -0.15) is 18.7 Å². The zero-order valence-corrected chi connectivity index (χ0v) is 25.2. The number of nitrogens with one attached hydrogen (secondary N) is 1. The van der Waals surface area contributed by atoms with Crippen LogP contribution < -0.4 is 15.7 Å². The Balaban J connectivity index is 0.000000202. The molecule has 2 N–H and O–H groups in total. The van der Waals surface area contributed by atoms with Gasteiger partial charge in [-0.3, -0.25) is 9.98 Å². The van der Waals surface area contributed by atoms with Gasteiger partial charge in [0.05, 0.1) is 16.3 Å². The lowest BCUT2D eigenvalue weighted by atomic mass is 10.1. The molecule has 0 fully saturated rings. The van der Waals surface area contributed by atoms with Crippen LogP contribution in [0.4, 0.5) is 11.4 Å². The maximum atomic E-state index is 10.9. The first-order chi connectivity index (χ1) is 20.3. The van der Waals surface area contributed by atoms with Gasteiger partial charge in [0.2, 0.25) is 0 Å². The first-order valence-electron chi connectivity index (χ1n) is 14.5. The molecule has 0 radical (unpaired) electrons. The number of unbranched alkanes of at least 4 members (excludes halogenated alkanes) is 5. The second-order valence-corrected chi connectivity index (χ2v) is 11.8. The Kier molecular flexibility index (Phi) is 11.1. The van der Waals surface area contributed by atoms with Crippen molar-refractivity contribution < 1.29 is 13.0 Å². The molecule has 0 atom stereocenters. The summed E-state index contributed by atoms with van der Waals surface area (Å²) in [6.45, 7) is 4.29. The van der Waals surface area contributed by atoms with Crippen LogP contribution in [-0.4, -0.2) is 18.8 Å². The monoisotopic (exact) mass is 584 g/mol. The van der Waals surface area contributed by atoms with E-state index in [4.69, 9.17) is 9.65 Å². The highest BCUT2D eigenvalue weighted by molar-refractivity contribution is 7.85. The van der Waals surface area contributed by atoms with Crippen LogP contribution in [-0.2, 0) is 16.5 Å². The second kappa shape index (κ2) is 15.2. The van der Waals surface area contributed by atoms with Crippen LogP contribution >= 0.6 is 0 Å². The lowest BCUT2D eigenvalue weighted by molar-refractivity contribution is 0.483. The summed E-state index contributed by atoms with van der Waals surface area (Å²) in [6.07, 6.45) is 8.47. The first kappa shape index (κ1) is 30.8. The minimum Gasteiger partial charge on any atom is -0.282 e. The lowest BCUT2D eigenvalue weighted by Crippen LogP contribution is -2.44. The predicted molar refractivity (Wildman–Crippen MR) is 172 cm³/mol. The molecule has 1 aliphatic heterocycles. The molecule has 8 heteroatoms. The van der Waals surface area contributed by atoms with Gasteiger partial charge < -0.3 is 0 Å².